The molecule has 0 fully saturated rings. The minimum absolute atomic E-state index is 0.795. The molecular formula is C25H23N2. The minimum Gasteiger partial charge on any atom is -0.327 e. The summed E-state index contributed by atoms with van der Waals surface area (Å²) in [7, 11) is 0. The molecule has 0 amide bonds. The highest BCUT2D eigenvalue weighted by Crippen LogP contribution is 2.20. The van der Waals surface area contributed by atoms with Crippen molar-refractivity contribution in [3.8, 4) is 0 Å². The molecule has 133 valence electrons. The Balaban J connectivity index is 1.69. The normalized spacial score (nSPS) is 10.9. The largest absolute Gasteiger partial charge is 0.327 e. The molecule has 0 spiro atoms. The van der Waals surface area contributed by atoms with Crippen LogP contribution in [0.25, 0.3) is 0 Å². The van der Waals surface area contributed by atoms with Gasteiger partial charge < -0.3 is 4.57 Å². The predicted molar refractivity (Wildman–Crippen MR) is 111 cm³/mol. The van der Waals surface area contributed by atoms with Gasteiger partial charge in [0.1, 0.15) is 5.82 Å². The van der Waals surface area contributed by atoms with E-state index >= 15 is 0 Å². The SMILES string of the molecule is [CH2]c1c(Cc2ccccc2)nc(Cc2ccccc2)n1Cc1ccccc1. The maximum atomic E-state index is 5.00. The zero-order valence-electron chi connectivity index (χ0n) is 15.4. The number of aromatic nitrogens is 2. The van der Waals surface area contributed by atoms with E-state index in [0.717, 1.165) is 36.6 Å². The van der Waals surface area contributed by atoms with E-state index in [2.05, 4.69) is 84.3 Å². The quantitative estimate of drug-likeness (QED) is 0.461. The molecule has 0 bridgehead atoms. The lowest BCUT2D eigenvalue weighted by Crippen LogP contribution is -2.07. The van der Waals surface area contributed by atoms with Gasteiger partial charge >= 0.3 is 0 Å². The van der Waals surface area contributed by atoms with Crippen molar-refractivity contribution in [3.05, 3.63) is 132 Å². The van der Waals surface area contributed by atoms with E-state index < -0.39 is 0 Å². The van der Waals surface area contributed by atoms with Gasteiger partial charge in [-0.2, -0.15) is 0 Å². The van der Waals surface area contributed by atoms with Crippen LogP contribution in [0, 0.1) is 6.92 Å². The first kappa shape index (κ1) is 17.3. The number of hydrogen-bond acceptors (Lipinski definition) is 1. The first-order chi connectivity index (χ1) is 13.3. The molecule has 2 heteroatoms. The molecule has 0 aliphatic heterocycles. The molecule has 1 aromatic heterocycles. The van der Waals surface area contributed by atoms with Gasteiger partial charge in [-0.1, -0.05) is 91.0 Å². The molecule has 0 unspecified atom stereocenters. The third-order valence-corrected chi connectivity index (χ3v) is 4.84. The highest BCUT2D eigenvalue weighted by atomic mass is 15.1. The van der Waals surface area contributed by atoms with E-state index in [1.54, 1.807) is 0 Å². The van der Waals surface area contributed by atoms with Crippen LogP contribution in [-0.4, -0.2) is 9.55 Å². The van der Waals surface area contributed by atoms with Crippen LogP contribution in [0.1, 0.15) is 33.9 Å². The Morgan fingerprint density at radius 3 is 1.67 bits per heavy atom. The zero-order valence-corrected chi connectivity index (χ0v) is 15.4. The molecule has 0 atom stereocenters. The smallest absolute Gasteiger partial charge is 0.113 e. The first-order valence-electron chi connectivity index (χ1n) is 9.31. The van der Waals surface area contributed by atoms with Crippen molar-refractivity contribution in [1.29, 1.82) is 0 Å². The van der Waals surface area contributed by atoms with Gasteiger partial charge in [-0.05, 0) is 23.6 Å². The highest BCUT2D eigenvalue weighted by Gasteiger charge is 2.15. The maximum Gasteiger partial charge on any atom is 0.113 e. The molecule has 0 saturated heterocycles. The van der Waals surface area contributed by atoms with E-state index in [4.69, 9.17) is 4.98 Å². The lowest BCUT2D eigenvalue weighted by molar-refractivity contribution is 0.729. The van der Waals surface area contributed by atoms with E-state index in [0.29, 0.717) is 0 Å². The second-order valence-electron chi connectivity index (χ2n) is 6.82. The summed E-state index contributed by atoms with van der Waals surface area (Å²) in [6, 6.07) is 31.5. The van der Waals surface area contributed by atoms with Crippen LogP contribution in [0.5, 0.6) is 0 Å². The van der Waals surface area contributed by atoms with Crippen LogP contribution >= 0.6 is 0 Å². The summed E-state index contributed by atoms with van der Waals surface area (Å²) in [4.78, 5) is 5.00. The van der Waals surface area contributed by atoms with Gasteiger partial charge in [0.15, 0.2) is 0 Å². The molecule has 0 aliphatic carbocycles. The van der Waals surface area contributed by atoms with E-state index in [9.17, 15) is 0 Å². The number of rotatable bonds is 6. The van der Waals surface area contributed by atoms with E-state index in [-0.39, 0.29) is 0 Å². The van der Waals surface area contributed by atoms with E-state index in [1.807, 2.05) is 18.2 Å². The lowest BCUT2D eigenvalue weighted by atomic mass is 10.1. The van der Waals surface area contributed by atoms with Crippen molar-refractivity contribution in [2.75, 3.05) is 0 Å². The summed E-state index contributed by atoms with van der Waals surface area (Å²) in [5.74, 6) is 1.07. The predicted octanol–water partition coefficient (Wildman–Crippen LogP) is 5.30. The summed E-state index contributed by atoms with van der Waals surface area (Å²) in [6.07, 6.45) is 1.62. The van der Waals surface area contributed by atoms with Crippen LogP contribution in [0.4, 0.5) is 0 Å². The molecule has 1 radical (unpaired) electrons. The summed E-state index contributed by atoms with van der Waals surface area (Å²) in [6.45, 7) is 5.17. The number of imidazole rings is 1. The molecule has 0 saturated carbocycles. The van der Waals surface area contributed by atoms with Gasteiger partial charge in [0.05, 0.1) is 5.69 Å². The van der Waals surface area contributed by atoms with E-state index in [1.165, 1.54) is 16.7 Å². The second kappa shape index (κ2) is 8.05. The van der Waals surface area contributed by atoms with Crippen molar-refractivity contribution >= 4 is 0 Å². The van der Waals surface area contributed by atoms with Crippen molar-refractivity contribution < 1.29 is 0 Å². The molecular weight excluding hydrogens is 328 g/mol. The summed E-state index contributed by atoms with van der Waals surface area (Å²) < 4.78 is 2.26. The van der Waals surface area contributed by atoms with Crippen LogP contribution in [0.3, 0.4) is 0 Å². The van der Waals surface area contributed by atoms with Gasteiger partial charge in [-0.3, -0.25) is 0 Å². The Morgan fingerprint density at radius 2 is 1.11 bits per heavy atom. The number of hydrogen-bond donors (Lipinski definition) is 0. The van der Waals surface area contributed by atoms with Gasteiger partial charge in [0.2, 0.25) is 0 Å². The highest BCUT2D eigenvalue weighted by molar-refractivity contribution is 5.31. The summed E-state index contributed by atoms with van der Waals surface area (Å²) in [5.41, 5.74) is 5.86. The van der Waals surface area contributed by atoms with Gasteiger partial charge in [0.25, 0.3) is 0 Å². The van der Waals surface area contributed by atoms with Crippen LogP contribution in [0.15, 0.2) is 91.0 Å². The fourth-order valence-electron chi connectivity index (χ4n) is 3.39. The second-order valence-corrected chi connectivity index (χ2v) is 6.82. The van der Waals surface area contributed by atoms with Crippen LogP contribution in [-0.2, 0) is 19.4 Å². The molecule has 0 aliphatic rings. The lowest BCUT2D eigenvalue weighted by Gasteiger charge is -2.11. The molecule has 2 nitrogen and oxygen atoms in total. The molecule has 1 heterocycles. The van der Waals surface area contributed by atoms with Crippen molar-refractivity contribution in [2.45, 2.75) is 19.4 Å². The Labute approximate surface area is 161 Å². The molecule has 4 aromatic rings. The fraction of sp³-hybridized carbons (Fsp3) is 0.120. The van der Waals surface area contributed by atoms with Crippen LogP contribution < -0.4 is 0 Å². The maximum absolute atomic E-state index is 5.00. The van der Waals surface area contributed by atoms with Crippen molar-refractivity contribution in [2.24, 2.45) is 0 Å². The number of benzene rings is 3. The van der Waals surface area contributed by atoms with Gasteiger partial charge in [0, 0.05) is 25.1 Å². The summed E-state index contributed by atoms with van der Waals surface area (Å²) in [5, 5.41) is 0. The van der Waals surface area contributed by atoms with Crippen molar-refractivity contribution in [1.82, 2.24) is 9.55 Å². The Kier molecular flexibility index (Phi) is 5.15. The number of nitrogens with zero attached hydrogens (tertiary/aromatic N) is 2. The Hall–Kier alpha value is -3.13. The Bertz CT molecular complexity index is 987. The third kappa shape index (κ3) is 4.17. The minimum atomic E-state index is 0.795. The van der Waals surface area contributed by atoms with Crippen molar-refractivity contribution in [3.63, 3.8) is 0 Å². The molecule has 4 rings (SSSR count). The average molecular weight is 351 g/mol. The third-order valence-electron chi connectivity index (χ3n) is 4.84. The van der Waals surface area contributed by atoms with Gasteiger partial charge in [-0.15, -0.1) is 0 Å². The Morgan fingerprint density at radius 1 is 0.630 bits per heavy atom. The zero-order chi connectivity index (χ0) is 18.5. The molecule has 3 aromatic carbocycles. The standard InChI is InChI=1S/C25H23N2/c1-20-24(17-21-11-5-2-6-12-21)26-25(18-22-13-7-3-8-14-22)27(20)19-23-15-9-4-10-16-23/h2-16H,1,17-19H2. The molecule has 27 heavy (non-hydrogen) atoms. The average Bonchev–Trinajstić information content (AvgIpc) is 2.99. The van der Waals surface area contributed by atoms with Gasteiger partial charge in [-0.25, -0.2) is 4.98 Å². The monoisotopic (exact) mass is 351 g/mol. The first-order valence-corrected chi connectivity index (χ1v) is 9.31. The fourth-order valence-corrected chi connectivity index (χ4v) is 3.39. The molecule has 0 N–H and O–H groups in total. The topological polar surface area (TPSA) is 17.8 Å². The summed E-state index contributed by atoms with van der Waals surface area (Å²) >= 11 is 0. The van der Waals surface area contributed by atoms with Crippen LogP contribution in [0.2, 0.25) is 0 Å².